The Balaban J connectivity index is 2.96. The largest absolute Gasteiger partial charge is 0.381 e. The van der Waals surface area contributed by atoms with Crippen molar-refractivity contribution in [2.75, 3.05) is 19.0 Å². The SMILES string of the molecule is CC(F)(F)C1(CS(=O)(=O)F)CCOCC1. The van der Waals surface area contributed by atoms with E-state index in [9.17, 15) is 21.1 Å². The Hall–Kier alpha value is -0.300. The van der Waals surface area contributed by atoms with Crippen molar-refractivity contribution in [1.29, 1.82) is 0 Å². The van der Waals surface area contributed by atoms with Crippen molar-refractivity contribution in [2.24, 2.45) is 5.41 Å². The molecule has 90 valence electrons. The summed E-state index contributed by atoms with van der Waals surface area (Å²) in [6.07, 6.45) is -0.278. The van der Waals surface area contributed by atoms with Crippen molar-refractivity contribution >= 4 is 10.2 Å². The van der Waals surface area contributed by atoms with Gasteiger partial charge < -0.3 is 4.74 Å². The van der Waals surface area contributed by atoms with E-state index in [1.807, 2.05) is 0 Å². The first-order valence-electron chi connectivity index (χ1n) is 4.54. The highest BCUT2D eigenvalue weighted by molar-refractivity contribution is 7.86. The van der Waals surface area contributed by atoms with Crippen LogP contribution in [0, 0.1) is 5.41 Å². The highest BCUT2D eigenvalue weighted by Gasteiger charge is 2.53. The second-order valence-corrected chi connectivity index (χ2v) is 5.33. The van der Waals surface area contributed by atoms with Gasteiger partial charge in [-0.2, -0.15) is 8.42 Å². The van der Waals surface area contributed by atoms with Gasteiger partial charge in [0.25, 0.3) is 5.92 Å². The number of alkyl halides is 2. The zero-order valence-electron chi connectivity index (χ0n) is 8.30. The van der Waals surface area contributed by atoms with Crippen molar-refractivity contribution in [3.63, 3.8) is 0 Å². The molecule has 1 aliphatic heterocycles. The van der Waals surface area contributed by atoms with Gasteiger partial charge in [0.1, 0.15) is 0 Å². The van der Waals surface area contributed by atoms with E-state index in [1.165, 1.54) is 0 Å². The van der Waals surface area contributed by atoms with Crippen LogP contribution < -0.4 is 0 Å². The summed E-state index contributed by atoms with van der Waals surface area (Å²) in [5.41, 5.74) is -1.82. The Morgan fingerprint density at radius 2 is 1.80 bits per heavy atom. The van der Waals surface area contributed by atoms with Crippen LogP contribution >= 0.6 is 0 Å². The number of rotatable bonds is 3. The highest BCUT2D eigenvalue weighted by Crippen LogP contribution is 2.45. The van der Waals surface area contributed by atoms with Gasteiger partial charge >= 0.3 is 10.2 Å². The molecule has 0 amide bonds. The molecule has 0 saturated carbocycles. The maximum atomic E-state index is 13.3. The molecule has 0 aromatic heterocycles. The summed E-state index contributed by atoms with van der Waals surface area (Å²) in [7, 11) is -4.90. The molecular weight excluding hydrogens is 233 g/mol. The molecule has 15 heavy (non-hydrogen) atoms. The monoisotopic (exact) mass is 246 g/mol. The topological polar surface area (TPSA) is 43.4 Å². The van der Waals surface area contributed by atoms with E-state index in [0.29, 0.717) is 6.92 Å². The van der Waals surface area contributed by atoms with Crippen LogP contribution in [0.2, 0.25) is 0 Å². The lowest BCUT2D eigenvalue weighted by atomic mass is 9.77. The van der Waals surface area contributed by atoms with Crippen molar-refractivity contribution in [1.82, 2.24) is 0 Å². The Bertz CT molecular complexity index is 315. The summed E-state index contributed by atoms with van der Waals surface area (Å²) in [5.74, 6) is -4.36. The van der Waals surface area contributed by atoms with E-state index in [-0.39, 0.29) is 26.1 Å². The first-order chi connectivity index (χ1) is 6.66. The number of hydrogen-bond donors (Lipinski definition) is 0. The Labute approximate surface area is 86.8 Å². The lowest BCUT2D eigenvalue weighted by Gasteiger charge is -2.40. The second-order valence-electron chi connectivity index (χ2n) is 3.96. The molecule has 1 fully saturated rings. The smallest absolute Gasteiger partial charge is 0.303 e. The summed E-state index contributed by atoms with van der Waals surface area (Å²) in [6, 6.07) is 0. The van der Waals surface area contributed by atoms with Gasteiger partial charge in [-0.3, -0.25) is 0 Å². The van der Waals surface area contributed by atoms with Gasteiger partial charge in [0.05, 0.1) is 11.2 Å². The third-order valence-corrected chi connectivity index (χ3v) is 3.73. The normalized spacial score (nSPS) is 22.7. The lowest BCUT2D eigenvalue weighted by molar-refractivity contribution is -0.139. The lowest BCUT2D eigenvalue weighted by Crippen LogP contribution is -2.47. The molecule has 0 unspecified atom stereocenters. The van der Waals surface area contributed by atoms with Gasteiger partial charge in [-0.1, -0.05) is 0 Å². The molecule has 0 aliphatic carbocycles. The summed E-state index contributed by atoms with van der Waals surface area (Å²) in [4.78, 5) is 0. The molecule has 0 aromatic rings. The number of halogens is 3. The van der Waals surface area contributed by atoms with Crippen LogP contribution in [0.5, 0.6) is 0 Å². The molecule has 0 bridgehead atoms. The summed E-state index contributed by atoms with van der Waals surface area (Å²) < 4.78 is 65.1. The van der Waals surface area contributed by atoms with E-state index in [4.69, 9.17) is 4.74 Å². The number of ether oxygens (including phenoxy) is 1. The maximum absolute atomic E-state index is 13.3. The predicted octanol–water partition coefficient (Wildman–Crippen LogP) is 1.74. The van der Waals surface area contributed by atoms with Crippen molar-refractivity contribution in [3.05, 3.63) is 0 Å². The Morgan fingerprint density at radius 3 is 2.13 bits per heavy atom. The van der Waals surface area contributed by atoms with E-state index in [1.54, 1.807) is 0 Å². The first kappa shape index (κ1) is 12.8. The van der Waals surface area contributed by atoms with Gasteiger partial charge in [-0.25, -0.2) is 8.78 Å². The van der Waals surface area contributed by atoms with E-state index >= 15 is 0 Å². The summed E-state index contributed by atoms with van der Waals surface area (Å²) in [6.45, 7) is 0.710. The fraction of sp³-hybridized carbons (Fsp3) is 1.00. The number of hydrogen-bond acceptors (Lipinski definition) is 3. The Morgan fingerprint density at radius 1 is 1.33 bits per heavy atom. The third kappa shape index (κ3) is 3.07. The second kappa shape index (κ2) is 3.93. The molecule has 1 rings (SSSR count). The zero-order chi connectivity index (χ0) is 11.7. The molecule has 3 nitrogen and oxygen atoms in total. The van der Waals surface area contributed by atoms with Gasteiger partial charge in [0, 0.05) is 13.2 Å². The molecule has 1 aliphatic rings. The molecule has 0 atom stereocenters. The molecule has 1 heterocycles. The molecule has 0 spiro atoms. The van der Waals surface area contributed by atoms with Crippen LogP contribution in [-0.2, 0) is 15.0 Å². The Kier molecular flexibility index (Phi) is 3.35. The van der Waals surface area contributed by atoms with Crippen molar-refractivity contribution < 1.29 is 25.8 Å². The van der Waals surface area contributed by atoms with Crippen LogP contribution in [0.15, 0.2) is 0 Å². The van der Waals surface area contributed by atoms with Gasteiger partial charge in [0.15, 0.2) is 0 Å². The third-order valence-electron chi connectivity index (χ3n) is 2.83. The predicted molar refractivity (Wildman–Crippen MR) is 48.0 cm³/mol. The zero-order valence-corrected chi connectivity index (χ0v) is 9.12. The minimum absolute atomic E-state index is 0.0406. The maximum Gasteiger partial charge on any atom is 0.303 e. The van der Waals surface area contributed by atoms with Crippen LogP contribution in [0.3, 0.4) is 0 Å². The van der Waals surface area contributed by atoms with Crippen LogP contribution in [0.1, 0.15) is 19.8 Å². The van der Waals surface area contributed by atoms with Gasteiger partial charge in [-0.15, -0.1) is 3.89 Å². The molecule has 1 saturated heterocycles. The van der Waals surface area contributed by atoms with Crippen LogP contribution in [0.4, 0.5) is 12.7 Å². The van der Waals surface area contributed by atoms with Gasteiger partial charge in [0.2, 0.25) is 0 Å². The average Bonchev–Trinajstić information content (AvgIpc) is 2.00. The van der Waals surface area contributed by atoms with Crippen LogP contribution in [-0.4, -0.2) is 33.3 Å². The highest BCUT2D eigenvalue weighted by atomic mass is 32.3. The standard InChI is InChI=1S/C8H13F3O3S/c1-7(9,10)8(6-15(11,12)13)2-4-14-5-3-8/h2-6H2,1H3. The van der Waals surface area contributed by atoms with Gasteiger partial charge in [-0.05, 0) is 19.8 Å². The molecule has 0 aromatic carbocycles. The molecule has 7 heteroatoms. The quantitative estimate of drug-likeness (QED) is 0.712. The van der Waals surface area contributed by atoms with E-state index < -0.39 is 27.3 Å². The minimum Gasteiger partial charge on any atom is -0.381 e. The van der Waals surface area contributed by atoms with E-state index in [0.717, 1.165) is 0 Å². The molecular formula is C8H13F3O3S. The minimum atomic E-state index is -4.90. The first-order valence-corrected chi connectivity index (χ1v) is 6.09. The summed E-state index contributed by atoms with van der Waals surface area (Å²) in [5, 5.41) is 0. The van der Waals surface area contributed by atoms with Crippen LogP contribution in [0.25, 0.3) is 0 Å². The van der Waals surface area contributed by atoms with E-state index in [2.05, 4.69) is 0 Å². The fourth-order valence-electron chi connectivity index (χ4n) is 1.80. The molecule has 0 N–H and O–H groups in total. The average molecular weight is 246 g/mol. The van der Waals surface area contributed by atoms with Crippen molar-refractivity contribution in [2.45, 2.75) is 25.7 Å². The summed E-state index contributed by atoms with van der Waals surface area (Å²) >= 11 is 0. The fourth-order valence-corrected chi connectivity index (χ4v) is 3.00. The van der Waals surface area contributed by atoms with Crippen molar-refractivity contribution in [3.8, 4) is 0 Å². The molecule has 0 radical (unpaired) electrons.